The van der Waals surface area contributed by atoms with E-state index < -0.39 is 11.7 Å². The van der Waals surface area contributed by atoms with Crippen LogP contribution in [0.2, 0.25) is 0 Å². The van der Waals surface area contributed by atoms with Crippen molar-refractivity contribution in [2.45, 2.75) is 6.18 Å². The molecule has 0 N–H and O–H groups in total. The molecule has 0 unspecified atom stereocenters. The van der Waals surface area contributed by atoms with Gasteiger partial charge in [-0.1, -0.05) is 158 Å². The number of alkyl halides is 3. The third kappa shape index (κ3) is 6.05. The number of para-hydroxylation sites is 7. The predicted octanol–water partition coefficient (Wildman–Crippen LogP) is 16.6. The second kappa shape index (κ2) is 15.9. The van der Waals surface area contributed by atoms with E-state index in [2.05, 4.69) is 75.9 Å². The molecule has 0 atom stereocenters. The molecule has 7 nitrogen and oxygen atoms in total. The fourth-order valence-corrected chi connectivity index (χ4v) is 11.6. The number of aromatic nitrogens is 7. The minimum atomic E-state index is -4.83. The standard InChI is InChI=1S/C64H38F3N7/c65-64(66,67)48-38-40(62-68-61(39-20-4-1-5-21-39)69-63(70-62)74-49-31-15-10-26-43(49)44-27-11-16-32-50(44)74)36-37-54(48)73-53-35-19-14-30-47(53)57-59-55(45-28-12-17-33-51(45)71(59)41-22-6-2-7-23-41)58-56(60(57)73)46-29-13-18-34-52(46)72(58)42-24-8-3-9-25-42/h1-38H. The lowest BCUT2D eigenvalue weighted by atomic mass is 10.0. The van der Waals surface area contributed by atoms with Crippen molar-refractivity contribution in [1.29, 1.82) is 0 Å². The van der Waals surface area contributed by atoms with Gasteiger partial charge in [-0.15, -0.1) is 0 Å². The molecule has 0 aliphatic carbocycles. The van der Waals surface area contributed by atoms with E-state index >= 15 is 13.2 Å². The summed E-state index contributed by atoms with van der Waals surface area (Å²) in [6.07, 6.45) is -4.83. The first-order chi connectivity index (χ1) is 36.4. The van der Waals surface area contributed by atoms with Crippen LogP contribution in [0.25, 0.3) is 133 Å². The van der Waals surface area contributed by atoms with Gasteiger partial charge in [0.1, 0.15) is 0 Å². The van der Waals surface area contributed by atoms with E-state index in [1.165, 1.54) is 6.07 Å². The molecule has 10 aromatic carbocycles. The van der Waals surface area contributed by atoms with Crippen molar-refractivity contribution in [2.24, 2.45) is 0 Å². The summed E-state index contributed by atoms with van der Waals surface area (Å²) in [5.74, 6) is 0.737. The van der Waals surface area contributed by atoms with Gasteiger partial charge in [-0.25, -0.2) is 4.98 Å². The number of hydrogen-bond acceptors (Lipinski definition) is 3. The van der Waals surface area contributed by atoms with Gasteiger partial charge in [0.15, 0.2) is 11.6 Å². The zero-order chi connectivity index (χ0) is 49.2. The van der Waals surface area contributed by atoms with Crippen LogP contribution in [-0.4, -0.2) is 33.2 Å². The molecule has 5 aromatic heterocycles. The van der Waals surface area contributed by atoms with Gasteiger partial charge >= 0.3 is 6.18 Å². The summed E-state index contributed by atoms with van der Waals surface area (Å²) in [6, 6.07) is 74.9. The zero-order valence-electron chi connectivity index (χ0n) is 39.2. The Kier molecular flexibility index (Phi) is 8.98. The van der Waals surface area contributed by atoms with Gasteiger partial charge in [-0.3, -0.25) is 4.57 Å². The lowest BCUT2D eigenvalue weighted by Crippen LogP contribution is -2.12. The van der Waals surface area contributed by atoms with Crippen molar-refractivity contribution >= 4 is 87.2 Å². The van der Waals surface area contributed by atoms with Crippen molar-refractivity contribution in [2.75, 3.05) is 0 Å². The molecule has 0 fully saturated rings. The van der Waals surface area contributed by atoms with Gasteiger partial charge in [-0.05, 0) is 72.8 Å². The summed E-state index contributed by atoms with van der Waals surface area (Å²) in [5, 5.41) is 7.47. The number of halogens is 3. The Labute approximate surface area is 419 Å². The molecule has 0 saturated heterocycles. The van der Waals surface area contributed by atoms with E-state index in [0.29, 0.717) is 28.4 Å². The minimum absolute atomic E-state index is 0.0213. The van der Waals surface area contributed by atoms with E-state index in [1.54, 1.807) is 12.1 Å². The number of hydrogen-bond donors (Lipinski definition) is 0. The van der Waals surface area contributed by atoms with Gasteiger partial charge in [0.2, 0.25) is 5.95 Å². The maximum atomic E-state index is 16.5. The molecule has 5 heterocycles. The number of benzene rings is 10. The lowest BCUT2D eigenvalue weighted by Gasteiger charge is -2.18. The highest BCUT2D eigenvalue weighted by Crippen LogP contribution is 2.51. The van der Waals surface area contributed by atoms with Gasteiger partial charge < -0.3 is 13.7 Å². The molecule has 74 heavy (non-hydrogen) atoms. The third-order valence-corrected chi connectivity index (χ3v) is 14.6. The van der Waals surface area contributed by atoms with Crippen LogP contribution in [0.1, 0.15) is 5.56 Å². The van der Waals surface area contributed by atoms with Gasteiger partial charge in [-0.2, -0.15) is 23.1 Å². The molecule has 0 aliphatic heterocycles. The van der Waals surface area contributed by atoms with Crippen molar-refractivity contribution < 1.29 is 13.2 Å². The predicted molar refractivity (Wildman–Crippen MR) is 293 cm³/mol. The Morgan fingerprint density at radius 2 is 0.676 bits per heavy atom. The summed E-state index contributed by atoms with van der Waals surface area (Å²) in [5.41, 5.74) is 8.66. The second-order valence-electron chi connectivity index (χ2n) is 18.6. The number of fused-ring (bicyclic) bond motifs is 15. The molecule has 0 aliphatic rings. The fraction of sp³-hybridized carbons (Fsp3) is 0.0156. The molecule has 350 valence electrons. The summed E-state index contributed by atoms with van der Waals surface area (Å²) < 4.78 is 57.9. The van der Waals surface area contributed by atoms with Gasteiger partial charge in [0.25, 0.3) is 0 Å². The average molecular weight is 962 g/mol. The highest BCUT2D eigenvalue weighted by molar-refractivity contribution is 6.40. The van der Waals surface area contributed by atoms with Crippen molar-refractivity contribution in [3.63, 3.8) is 0 Å². The van der Waals surface area contributed by atoms with E-state index in [0.717, 1.165) is 87.6 Å². The van der Waals surface area contributed by atoms with Crippen molar-refractivity contribution in [1.82, 2.24) is 33.2 Å². The Bertz CT molecular complexity index is 4640. The smallest absolute Gasteiger partial charge is 0.308 e. The van der Waals surface area contributed by atoms with E-state index in [1.807, 2.05) is 155 Å². The maximum absolute atomic E-state index is 16.5. The second-order valence-corrected chi connectivity index (χ2v) is 18.6. The maximum Gasteiger partial charge on any atom is 0.418 e. The average Bonchev–Trinajstić information content (AvgIpc) is 4.34. The van der Waals surface area contributed by atoms with Crippen molar-refractivity contribution in [3.8, 4) is 45.8 Å². The van der Waals surface area contributed by atoms with E-state index in [4.69, 9.17) is 15.0 Å². The Morgan fingerprint density at radius 3 is 1.14 bits per heavy atom. The molecule has 0 spiro atoms. The quantitative estimate of drug-likeness (QED) is 0.167. The Balaban J connectivity index is 1.08. The summed E-state index contributed by atoms with van der Waals surface area (Å²) >= 11 is 0. The first-order valence-electron chi connectivity index (χ1n) is 24.4. The van der Waals surface area contributed by atoms with Gasteiger partial charge in [0, 0.05) is 65.6 Å². The molecule has 10 heteroatoms. The monoisotopic (exact) mass is 961 g/mol. The third-order valence-electron chi connectivity index (χ3n) is 14.6. The molecule has 0 radical (unpaired) electrons. The number of rotatable bonds is 6. The molecule has 0 amide bonds. The van der Waals surface area contributed by atoms with Crippen LogP contribution in [0.3, 0.4) is 0 Å². The van der Waals surface area contributed by atoms with E-state index in [-0.39, 0.29) is 17.1 Å². The van der Waals surface area contributed by atoms with Crippen LogP contribution >= 0.6 is 0 Å². The Hall–Kier alpha value is -9.80. The molecular weight excluding hydrogens is 924 g/mol. The normalized spacial score (nSPS) is 12.3. The summed E-state index contributed by atoms with van der Waals surface area (Å²) in [6.45, 7) is 0. The highest BCUT2D eigenvalue weighted by Gasteiger charge is 2.37. The molecule has 15 aromatic rings. The van der Waals surface area contributed by atoms with Crippen LogP contribution in [-0.2, 0) is 6.18 Å². The summed E-state index contributed by atoms with van der Waals surface area (Å²) in [7, 11) is 0. The largest absolute Gasteiger partial charge is 0.418 e. The molecule has 15 rings (SSSR count). The fourth-order valence-electron chi connectivity index (χ4n) is 11.6. The van der Waals surface area contributed by atoms with Crippen LogP contribution in [0, 0.1) is 0 Å². The minimum Gasteiger partial charge on any atom is -0.308 e. The Morgan fingerprint density at radius 1 is 0.311 bits per heavy atom. The molecule has 0 bridgehead atoms. The lowest BCUT2D eigenvalue weighted by molar-refractivity contribution is -0.137. The van der Waals surface area contributed by atoms with Crippen LogP contribution in [0.5, 0.6) is 0 Å². The first-order valence-corrected chi connectivity index (χ1v) is 24.4. The highest BCUT2D eigenvalue weighted by atomic mass is 19.4. The molecular formula is C64H38F3N7. The van der Waals surface area contributed by atoms with Crippen LogP contribution < -0.4 is 0 Å². The van der Waals surface area contributed by atoms with Crippen molar-refractivity contribution in [3.05, 3.63) is 236 Å². The first kappa shape index (κ1) is 41.9. The van der Waals surface area contributed by atoms with Gasteiger partial charge in [0.05, 0.1) is 55.4 Å². The van der Waals surface area contributed by atoms with Crippen LogP contribution in [0.15, 0.2) is 231 Å². The molecule has 0 saturated carbocycles. The SMILES string of the molecule is FC(F)(F)c1cc(-c2nc(-c3ccccc3)nc(-n3c4ccccc4c4ccccc43)n2)ccc1-n1c2ccccc2c2c3c(c4ccccc4n3-c3ccccc3)c3c(c4ccccc4n3-c3ccccc3)c21. The zero-order valence-corrected chi connectivity index (χ0v) is 39.2. The summed E-state index contributed by atoms with van der Waals surface area (Å²) in [4.78, 5) is 15.0. The van der Waals surface area contributed by atoms with Crippen LogP contribution in [0.4, 0.5) is 13.2 Å². The number of nitrogens with zero attached hydrogens (tertiary/aromatic N) is 7. The van der Waals surface area contributed by atoms with E-state index in [9.17, 15) is 0 Å². The topological polar surface area (TPSA) is 58.4 Å².